The van der Waals surface area contributed by atoms with Crippen molar-refractivity contribution in [2.24, 2.45) is 0 Å². The summed E-state index contributed by atoms with van der Waals surface area (Å²) in [6.07, 6.45) is 0. The lowest BCUT2D eigenvalue weighted by Gasteiger charge is -2.18. The number of para-hydroxylation sites is 1. The highest BCUT2D eigenvalue weighted by Crippen LogP contribution is 2.27. The van der Waals surface area contributed by atoms with E-state index in [1.54, 1.807) is 12.1 Å². The van der Waals surface area contributed by atoms with Gasteiger partial charge in [0.2, 0.25) is 0 Å². The minimum absolute atomic E-state index is 0.216. The van der Waals surface area contributed by atoms with E-state index >= 15 is 0 Å². The molecule has 0 spiro atoms. The van der Waals surface area contributed by atoms with Gasteiger partial charge in [-0.2, -0.15) is 0 Å². The van der Waals surface area contributed by atoms with E-state index in [1.165, 1.54) is 12.1 Å². The van der Waals surface area contributed by atoms with E-state index in [9.17, 15) is 4.39 Å². The highest BCUT2D eigenvalue weighted by atomic mass is 35.5. The smallest absolute Gasteiger partial charge is 0.123 e. The third-order valence-electron chi connectivity index (χ3n) is 3.93. The number of nitrogens with zero attached hydrogens (tertiary/aromatic N) is 2. The standard InChI is InChI=1S/C19H18ClFN2/c1-13-16-5-3-4-6-17(16)22-18(19(13)20)12-23(2)11-14-7-9-15(21)10-8-14/h3-10H,11-12H2,1-2H3. The zero-order chi connectivity index (χ0) is 16.4. The van der Waals surface area contributed by atoms with Crippen molar-refractivity contribution in [2.45, 2.75) is 20.0 Å². The average Bonchev–Trinajstić information content (AvgIpc) is 2.54. The summed E-state index contributed by atoms with van der Waals surface area (Å²) in [5.41, 5.74) is 3.94. The molecule has 0 aliphatic rings. The number of fused-ring (bicyclic) bond motifs is 1. The van der Waals surface area contributed by atoms with Crippen molar-refractivity contribution in [1.29, 1.82) is 0 Å². The maximum atomic E-state index is 13.0. The lowest BCUT2D eigenvalue weighted by Crippen LogP contribution is -2.18. The Morgan fingerprint density at radius 2 is 1.74 bits per heavy atom. The Bertz CT molecular complexity index is 831. The van der Waals surface area contributed by atoms with E-state index in [0.29, 0.717) is 13.1 Å². The molecule has 0 bridgehead atoms. The summed E-state index contributed by atoms with van der Waals surface area (Å²) >= 11 is 6.50. The van der Waals surface area contributed by atoms with Crippen LogP contribution in [0.5, 0.6) is 0 Å². The molecule has 118 valence electrons. The van der Waals surface area contributed by atoms with Gasteiger partial charge in [-0.1, -0.05) is 41.9 Å². The van der Waals surface area contributed by atoms with Gasteiger partial charge < -0.3 is 0 Å². The van der Waals surface area contributed by atoms with Crippen LogP contribution < -0.4 is 0 Å². The van der Waals surface area contributed by atoms with Gasteiger partial charge in [-0.05, 0) is 43.3 Å². The van der Waals surface area contributed by atoms with Crippen LogP contribution >= 0.6 is 11.6 Å². The van der Waals surface area contributed by atoms with Gasteiger partial charge in [-0.3, -0.25) is 4.90 Å². The van der Waals surface area contributed by atoms with Crippen molar-refractivity contribution < 1.29 is 4.39 Å². The molecule has 0 aliphatic carbocycles. The van der Waals surface area contributed by atoms with Crippen molar-refractivity contribution >= 4 is 22.5 Å². The molecule has 0 amide bonds. The normalized spacial score (nSPS) is 11.3. The van der Waals surface area contributed by atoms with Gasteiger partial charge in [0.25, 0.3) is 0 Å². The molecule has 23 heavy (non-hydrogen) atoms. The first-order chi connectivity index (χ1) is 11.0. The molecule has 0 fully saturated rings. The van der Waals surface area contributed by atoms with Gasteiger partial charge in [0.1, 0.15) is 5.82 Å². The molecule has 2 aromatic carbocycles. The summed E-state index contributed by atoms with van der Waals surface area (Å²) in [6, 6.07) is 14.6. The first-order valence-electron chi connectivity index (χ1n) is 7.51. The Labute approximate surface area is 140 Å². The van der Waals surface area contributed by atoms with Crippen LogP contribution in [0.15, 0.2) is 48.5 Å². The SMILES string of the molecule is Cc1c(Cl)c(CN(C)Cc2ccc(F)cc2)nc2ccccc12. The van der Waals surface area contributed by atoms with Gasteiger partial charge in [0.15, 0.2) is 0 Å². The average molecular weight is 329 g/mol. The Morgan fingerprint density at radius 3 is 2.48 bits per heavy atom. The number of aryl methyl sites for hydroxylation is 1. The largest absolute Gasteiger partial charge is 0.296 e. The van der Waals surface area contributed by atoms with Gasteiger partial charge in [-0.25, -0.2) is 9.37 Å². The van der Waals surface area contributed by atoms with E-state index in [4.69, 9.17) is 16.6 Å². The predicted molar refractivity (Wildman–Crippen MR) is 93.1 cm³/mol. The maximum absolute atomic E-state index is 13.0. The molecule has 1 aromatic heterocycles. The minimum Gasteiger partial charge on any atom is -0.296 e. The van der Waals surface area contributed by atoms with Crippen LogP contribution in [-0.4, -0.2) is 16.9 Å². The lowest BCUT2D eigenvalue weighted by molar-refractivity contribution is 0.315. The Kier molecular flexibility index (Phi) is 4.60. The summed E-state index contributed by atoms with van der Waals surface area (Å²) < 4.78 is 13.0. The topological polar surface area (TPSA) is 16.1 Å². The Hall–Kier alpha value is -1.97. The Morgan fingerprint density at radius 1 is 1.04 bits per heavy atom. The molecular formula is C19H18ClFN2. The predicted octanol–water partition coefficient (Wildman–Crippen LogP) is 4.97. The lowest BCUT2D eigenvalue weighted by atomic mass is 10.1. The molecule has 0 unspecified atom stereocenters. The summed E-state index contributed by atoms with van der Waals surface area (Å²) in [5, 5.41) is 1.80. The van der Waals surface area contributed by atoms with E-state index in [1.807, 2.05) is 38.2 Å². The summed E-state index contributed by atoms with van der Waals surface area (Å²) in [4.78, 5) is 6.82. The summed E-state index contributed by atoms with van der Waals surface area (Å²) in [5.74, 6) is -0.216. The second-order valence-electron chi connectivity index (χ2n) is 5.81. The van der Waals surface area contributed by atoms with Gasteiger partial charge >= 0.3 is 0 Å². The van der Waals surface area contributed by atoms with Crippen LogP contribution in [0.25, 0.3) is 10.9 Å². The fourth-order valence-corrected chi connectivity index (χ4v) is 2.94. The summed E-state index contributed by atoms with van der Waals surface area (Å²) in [6.45, 7) is 3.38. The van der Waals surface area contributed by atoms with Crippen LogP contribution in [0.1, 0.15) is 16.8 Å². The first-order valence-corrected chi connectivity index (χ1v) is 7.89. The van der Waals surface area contributed by atoms with E-state index < -0.39 is 0 Å². The molecule has 0 atom stereocenters. The van der Waals surface area contributed by atoms with E-state index in [0.717, 1.165) is 32.7 Å². The van der Waals surface area contributed by atoms with Crippen molar-refractivity contribution in [3.8, 4) is 0 Å². The second kappa shape index (κ2) is 6.65. The number of aromatic nitrogens is 1. The maximum Gasteiger partial charge on any atom is 0.123 e. The number of benzene rings is 2. The van der Waals surface area contributed by atoms with Crippen LogP contribution in [-0.2, 0) is 13.1 Å². The number of hydrogen-bond acceptors (Lipinski definition) is 2. The van der Waals surface area contributed by atoms with Crippen LogP contribution in [0, 0.1) is 12.7 Å². The fraction of sp³-hybridized carbons (Fsp3) is 0.211. The number of rotatable bonds is 4. The molecule has 4 heteroatoms. The van der Waals surface area contributed by atoms with E-state index in [2.05, 4.69) is 4.90 Å². The Balaban J connectivity index is 1.83. The highest BCUT2D eigenvalue weighted by Gasteiger charge is 2.12. The van der Waals surface area contributed by atoms with Crippen molar-refractivity contribution in [3.63, 3.8) is 0 Å². The molecule has 0 radical (unpaired) electrons. The molecule has 1 heterocycles. The van der Waals surface area contributed by atoms with Crippen molar-refractivity contribution in [1.82, 2.24) is 9.88 Å². The van der Waals surface area contributed by atoms with E-state index in [-0.39, 0.29) is 5.82 Å². The highest BCUT2D eigenvalue weighted by molar-refractivity contribution is 6.32. The van der Waals surface area contributed by atoms with Gasteiger partial charge in [0.05, 0.1) is 16.2 Å². The minimum atomic E-state index is -0.216. The van der Waals surface area contributed by atoms with Crippen LogP contribution in [0.4, 0.5) is 4.39 Å². The third kappa shape index (κ3) is 3.52. The molecule has 0 saturated heterocycles. The zero-order valence-corrected chi connectivity index (χ0v) is 13.9. The van der Waals surface area contributed by atoms with Crippen molar-refractivity contribution in [2.75, 3.05) is 7.05 Å². The molecule has 0 saturated carbocycles. The van der Waals surface area contributed by atoms with Crippen LogP contribution in [0.3, 0.4) is 0 Å². The molecule has 3 rings (SSSR count). The first kappa shape index (κ1) is 15.9. The van der Waals surface area contributed by atoms with Crippen molar-refractivity contribution in [3.05, 3.63) is 76.2 Å². The number of pyridine rings is 1. The third-order valence-corrected chi connectivity index (χ3v) is 4.43. The fourth-order valence-electron chi connectivity index (χ4n) is 2.74. The van der Waals surface area contributed by atoms with Gasteiger partial charge in [0, 0.05) is 18.5 Å². The number of halogens is 2. The second-order valence-corrected chi connectivity index (χ2v) is 6.19. The summed E-state index contributed by atoms with van der Waals surface area (Å²) in [7, 11) is 2.01. The quantitative estimate of drug-likeness (QED) is 0.672. The van der Waals surface area contributed by atoms with Crippen LogP contribution in [0.2, 0.25) is 5.02 Å². The molecule has 0 N–H and O–H groups in total. The molecule has 3 aromatic rings. The number of hydrogen-bond donors (Lipinski definition) is 0. The molecule has 2 nitrogen and oxygen atoms in total. The van der Waals surface area contributed by atoms with Gasteiger partial charge in [-0.15, -0.1) is 0 Å². The molecule has 0 aliphatic heterocycles. The monoisotopic (exact) mass is 328 g/mol. The zero-order valence-electron chi connectivity index (χ0n) is 13.2. The molecular weight excluding hydrogens is 311 g/mol.